The molecule has 2 fully saturated rings. The fraction of sp³-hybridized carbons (Fsp3) is 0.600. The number of piperidine rings is 1. The Bertz CT molecular complexity index is 465. The van der Waals surface area contributed by atoms with Crippen LogP contribution in [0.2, 0.25) is 0 Å². The molecule has 1 aromatic heterocycles. The summed E-state index contributed by atoms with van der Waals surface area (Å²) in [5, 5.41) is 6.55. The molecule has 21 heavy (non-hydrogen) atoms. The lowest BCUT2D eigenvalue weighted by molar-refractivity contribution is 0.0735. The van der Waals surface area contributed by atoms with E-state index >= 15 is 0 Å². The number of hydrogen-bond donors (Lipinski definition) is 2. The number of carbonyl (C=O) groups excluding carboxylic acids is 1. The van der Waals surface area contributed by atoms with Crippen molar-refractivity contribution in [2.75, 3.05) is 39.3 Å². The van der Waals surface area contributed by atoms with Crippen LogP contribution < -0.4 is 15.4 Å². The number of piperazine rings is 1. The number of rotatable bonds is 3. The monoisotopic (exact) mass is 290 g/mol. The molecule has 0 saturated carbocycles. The molecular weight excluding hydrogens is 268 g/mol. The Kier molecular flexibility index (Phi) is 4.67. The van der Waals surface area contributed by atoms with Crippen LogP contribution in [0.1, 0.15) is 23.2 Å². The predicted molar refractivity (Wildman–Crippen MR) is 79.5 cm³/mol. The largest absolute Gasteiger partial charge is 0.474 e. The Balaban J connectivity index is 1.59. The van der Waals surface area contributed by atoms with E-state index in [0.717, 1.165) is 52.1 Å². The van der Waals surface area contributed by atoms with Crippen molar-refractivity contribution in [3.63, 3.8) is 0 Å². The minimum absolute atomic E-state index is 0.0532. The molecule has 3 rings (SSSR count). The fourth-order valence-electron chi connectivity index (χ4n) is 2.71. The number of amides is 1. The average molecular weight is 290 g/mol. The van der Waals surface area contributed by atoms with Crippen molar-refractivity contribution < 1.29 is 9.53 Å². The van der Waals surface area contributed by atoms with Crippen LogP contribution in [0.5, 0.6) is 5.88 Å². The Morgan fingerprint density at radius 3 is 2.52 bits per heavy atom. The summed E-state index contributed by atoms with van der Waals surface area (Å²) < 4.78 is 5.85. The lowest BCUT2D eigenvalue weighted by atomic mass is 10.1. The highest BCUT2D eigenvalue weighted by atomic mass is 16.5. The van der Waals surface area contributed by atoms with Crippen LogP contribution in [0.15, 0.2) is 18.3 Å². The highest BCUT2D eigenvalue weighted by Crippen LogP contribution is 2.15. The Morgan fingerprint density at radius 2 is 1.86 bits per heavy atom. The first-order valence-electron chi connectivity index (χ1n) is 7.66. The number of ether oxygens (including phenoxy) is 1. The molecule has 0 atom stereocenters. The topological polar surface area (TPSA) is 66.5 Å². The Morgan fingerprint density at radius 1 is 1.14 bits per heavy atom. The zero-order chi connectivity index (χ0) is 14.5. The first kappa shape index (κ1) is 14.3. The molecule has 0 aliphatic carbocycles. The van der Waals surface area contributed by atoms with Gasteiger partial charge in [-0.05, 0) is 32.0 Å². The van der Waals surface area contributed by atoms with Crippen LogP contribution in [0.4, 0.5) is 0 Å². The van der Waals surface area contributed by atoms with Gasteiger partial charge in [-0.2, -0.15) is 0 Å². The number of aromatic nitrogens is 1. The quantitative estimate of drug-likeness (QED) is 0.836. The summed E-state index contributed by atoms with van der Waals surface area (Å²) in [5.74, 6) is 0.663. The SMILES string of the molecule is O=C(c1ccc(OC2CCNCC2)nc1)N1CCNCC1. The predicted octanol–water partition coefficient (Wildman–Crippen LogP) is 0.258. The highest BCUT2D eigenvalue weighted by molar-refractivity contribution is 5.94. The van der Waals surface area contributed by atoms with Gasteiger partial charge in [0.2, 0.25) is 5.88 Å². The van der Waals surface area contributed by atoms with E-state index in [1.807, 2.05) is 11.0 Å². The van der Waals surface area contributed by atoms with Crippen LogP contribution >= 0.6 is 0 Å². The van der Waals surface area contributed by atoms with Gasteiger partial charge in [-0.3, -0.25) is 4.79 Å². The normalized spacial score (nSPS) is 20.3. The van der Waals surface area contributed by atoms with Crippen molar-refractivity contribution in [3.8, 4) is 5.88 Å². The van der Waals surface area contributed by atoms with Crippen molar-refractivity contribution >= 4 is 5.91 Å². The zero-order valence-electron chi connectivity index (χ0n) is 12.2. The minimum atomic E-state index is 0.0532. The summed E-state index contributed by atoms with van der Waals surface area (Å²) >= 11 is 0. The van der Waals surface area contributed by atoms with Crippen molar-refractivity contribution in [2.24, 2.45) is 0 Å². The molecule has 6 nitrogen and oxygen atoms in total. The Labute approximate surface area is 124 Å². The van der Waals surface area contributed by atoms with E-state index in [1.165, 1.54) is 0 Å². The van der Waals surface area contributed by atoms with Gasteiger partial charge in [-0.1, -0.05) is 0 Å². The summed E-state index contributed by atoms with van der Waals surface area (Å²) in [7, 11) is 0. The molecule has 3 heterocycles. The molecule has 2 aliphatic rings. The second-order valence-corrected chi connectivity index (χ2v) is 5.49. The third-order valence-electron chi connectivity index (χ3n) is 3.96. The van der Waals surface area contributed by atoms with Gasteiger partial charge in [0.1, 0.15) is 6.10 Å². The molecule has 1 aromatic rings. The molecule has 0 spiro atoms. The van der Waals surface area contributed by atoms with E-state index < -0.39 is 0 Å². The van der Waals surface area contributed by atoms with E-state index in [0.29, 0.717) is 11.4 Å². The number of nitrogens with one attached hydrogen (secondary N) is 2. The summed E-state index contributed by atoms with van der Waals surface area (Å²) in [6.45, 7) is 5.21. The third kappa shape index (κ3) is 3.71. The van der Waals surface area contributed by atoms with Gasteiger partial charge < -0.3 is 20.3 Å². The van der Waals surface area contributed by atoms with Crippen molar-refractivity contribution in [1.82, 2.24) is 20.5 Å². The number of pyridine rings is 1. The summed E-state index contributed by atoms with van der Waals surface area (Å²) in [6.07, 6.45) is 3.86. The summed E-state index contributed by atoms with van der Waals surface area (Å²) in [5.41, 5.74) is 0.634. The number of carbonyl (C=O) groups is 1. The summed E-state index contributed by atoms with van der Waals surface area (Å²) in [6, 6.07) is 3.62. The van der Waals surface area contributed by atoms with E-state index in [2.05, 4.69) is 15.6 Å². The van der Waals surface area contributed by atoms with Crippen LogP contribution in [0.3, 0.4) is 0 Å². The van der Waals surface area contributed by atoms with E-state index in [9.17, 15) is 4.79 Å². The van der Waals surface area contributed by atoms with Gasteiger partial charge in [0.25, 0.3) is 5.91 Å². The molecule has 2 saturated heterocycles. The van der Waals surface area contributed by atoms with Gasteiger partial charge in [0.15, 0.2) is 0 Å². The van der Waals surface area contributed by atoms with Gasteiger partial charge >= 0.3 is 0 Å². The maximum Gasteiger partial charge on any atom is 0.255 e. The van der Waals surface area contributed by atoms with Gasteiger partial charge in [-0.25, -0.2) is 4.98 Å². The third-order valence-corrected chi connectivity index (χ3v) is 3.96. The maximum absolute atomic E-state index is 12.3. The van der Waals surface area contributed by atoms with Crippen molar-refractivity contribution in [2.45, 2.75) is 18.9 Å². The van der Waals surface area contributed by atoms with Gasteiger partial charge in [0.05, 0.1) is 5.56 Å². The molecule has 6 heteroatoms. The van der Waals surface area contributed by atoms with Crippen LogP contribution in [0.25, 0.3) is 0 Å². The standard InChI is InChI=1S/C15H22N4O2/c20-15(19-9-7-17-8-10-19)12-1-2-14(18-11-12)21-13-3-5-16-6-4-13/h1-2,11,13,16-17H,3-10H2. The zero-order valence-corrected chi connectivity index (χ0v) is 12.2. The average Bonchev–Trinajstić information content (AvgIpc) is 2.57. The first-order valence-corrected chi connectivity index (χ1v) is 7.66. The number of nitrogens with zero attached hydrogens (tertiary/aromatic N) is 2. The fourth-order valence-corrected chi connectivity index (χ4v) is 2.71. The second-order valence-electron chi connectivity index (χ2n) is 5.49. The maximum atomic E-state index is 12.3. The van der Waals surface area contributed by atoms with Crippen LogP contribution in [-0.2, 0) is 0 Å². The molecule has 114 valence electrons. The Hall–Kier alpha value is -1.66. The highest BCUT2D eigenvalue weighted by Gasteiger charge is 2.19. The van der Waals surface area contributed by atoms with Crippen molar-refractivity contribution in [1.29, 1.82) is 0 Å². The molecular formula is C15H22N4O2. The first-order chi connectivity index (χ1) is 10.3. The number of hydrogen-bond acceptors (Lipinski definition) is 5. The second kappa shape index (κ2) is 6.87. The summed E-state index contributed by atoms with van der Waals surface area (Å²) in [4.78, 5) is 18.5. The molecule has 0 unspecified atom stereocenters. The lowest BCUT2D eigenvalue weighted by Gasteiger charge is -2.27. The molecule has 0 aromatic carbocycles. The smallest absolute Gasteiger partial charge is 0.255 e. The van der Waals surface area contributed by atoms with E-state index in [1.54, 1.807) is 12.3 Å². The molecule has 0 radical (unpaired) electrons. The van der Waals surface area contributed by atoms with Crippen LogP contribution in [0, 0.1) is 0 Å². The van der Waals surface area contributed by atoms with Gasteiger partial charge in [0, 0.05) is 38.4 Å². The minimum Gasteiger partial charge on any atom is -0.474 e. The molecule has 1 amide bonds. The van der Waals surface area contributed by atoms with Crippen LogP contribution in [-0.4, -0.2) is 61.2 Å². The molecule has 2 aliphatic heterocycles. The van der Waals surface area contributed by atoms with E-state index in [4.69, 9.17) is 4.74 Å². The van der Waals surface area contributed by atoms with Gasteiger partial charge in [-0.15, -0.1) is 0 Å². The molecule has 2 N–H and O–H groups in total. The van der Waals surface area contributed by atoms with Crippen molar-refractivity contribution in [3.05, 3.63) is 23.9 Å². The van der Waals surface area contributed by atoms with E-state index in [-0.39, 0.29) is 12.0 Å². The molecule has 0 bridgehead atoms. The lowest BCUT2D eigenvalue weighted by Crippen LogP contribution is -2.46.